The van der Waals surface area contributed by atoms with Gasteiger partial charge in [0.25, 0.3) is 0 Å². The normalized spacial score (nSPS) is 11.0. The van der Waals surface area contributed by atoms with Crippen molar-refractivity contribution in [1.82, 2.24) is 19.7 Å². The van der Waals surface area contributed by atoms with Crippen molar-refractivity contribution in [2.45, 2.75) is 39.4 Å². The van der Waals surface area contributed by atoms with Gasteiger partial charge < -0.3 is 14.3 Å². The van der Waals surface area contributed by atoms with Gasteiger partial charge in [-0.3, -0.25) is 4.79 Å². The molecule has 0 bridgehead atoms. The van der Waals surface area contributed by atoms with Crippen LogP contribution in [0.3, 0.4) is 0 Å². The molecule has 3 aromatic heterocycles. The lowest BCUT2D eigenvalue weighted by Crippen LogP contribution is -2.09. The fourth-order valence-corrected chi connectivity index (χ4v) is 4.60. The van der Waals surface area contributed by atoms with Gasteiger partial charge in [0.05, 0.1) is 28.5 Å². The van der Waals surface area contributed by atoms with Crippen LogP contribution in [0.25, 0.3) is 10.7 Å². The molecule has 0 aliphatic rings. The van der Waals surface area contributed by atoms with Gasteiger partial charge in [-0.25, -0.2) is 4.79 Å². The van der Waals surface area contributed by atoms with Gasteiger partial charge in [-0.2, -0.15) is 0 Å². The van der Waals surface area contributed by atoms with Gasteiger partial charge in [-0.05, 0) is 44.7 Å². The molecule has 0 spiro atoms. The fraction of sp³-hybridized carbons (Fsp3) is 0.368. The Balaban J connectivity index is 1.77. The van der Waals surface area contributed by atoms with Gasteiger partial charge in [0.1, 0.15) is 0 Å². The number of hydrogen-bond donors (Lipinski definition) is 1. The Morgan fingerprint density at radius 1 is 1.29 bits per heavy atom. The molecule has 9 heteroatoms. The first-order valence-electron chi connectivity index (χ1n) is 8.97. The fourth-order valence-electron chi connectivity index (χ4n) is 3.01. The quantitative estimate of drug-likeness (QED) is 0.336. The molecule has 0 saturated carbocycles. The lowest BCUT2D eigenvalue weighted by molar-refractivity contribution is 0.0525. The summed E-state index contributed by atoms with van der Waals surface area (Å²) in [5.74, 6) is 0.506. The number of thioether (sulfide) groups is 1. The third-order valence-electron chi connectivity index (χ3n) is 4.30. The first kappa shape index (κ1) is 20.3. The maximum atomic E-state index is 12.8. The summed E-state index contributed by atoms with van der Waals surface area (Å²) in [4.78, 5) is 29.0. The van der Waals surface area contributed by atoms with E-state index in [1.165, 1.54) is 11.8 Å². The Morgan fingerprint density at radius 2 is 2.07 bits per heavy atom. The third kappa shape index (κ3) is 3.90. The summed E-state index contributed by atoms with van der Waals surface area (Å²) in [5.41, 5.74) is 2.14. The number of ether oxygens (including phenoxy) is 1. The second-order valence-corrected chi connectivity index (χ2v) is 7.98. The van der Waals surface area contributed by atoms with E-state index in [9.17, 15) is 9.59 Å². The summed E-state index contributed by atoms with van der Waals surface area (Å²) in [6.45, 7) is 8.32. The van der Waals surface area contributed by atoms with E-state index in [0.717, 1.165) is 10.7 Å². The molecule has 0 aliphatic carbocycles. The number of thiophene rings is 1. The van der Waals surface area contributed by atoms with Crippen LogP contribution in [0.2, 0.25) is 0 Å². The number of carbonyl (C=O) groups excluding carboxylic acids is 2. The van der Waals surface area contributed by atoms with E-state index in [4.69, 9.17) is 4.74 Å². The minimum absolute atomic E-state index is 0.0931. The number of nitrogens with zero attached hydrogens (tertiary/aromatic N) is 3. The number of aromatic amines is 1. The van der Waals surface area contributed by atoms with Gasteiger partial charge in [-0.1, -0.05) is 17.8 Å². The molecule has 148 valence electrons. The summed E-state index contributed by atoms with van der Waals surface area (Å²) in [7, 11) is 0. The van der Waals surface area contributed by atoms with Crippen LogP contribution in [-0.2, 0) is 11.3 Å². The predicted molar refractivity (Wildman–Crippen MR) is 110 cm³/mol. The molecule has 3 heterocycles. The van der Waals surface area contributed by atoms with Crippen LogP contribution in [0, 0.1) is 13.8 Å². The summed E-state index contributed by atoms with van der Waals surface area (Å²) in [6.07, 6.45) is 0. The Bertz CT molecular complexity index is 989. The third-order valence-corrected chi connectivity index (χ3v) is 6.14. The molecule has 0 atom stereocenters. The van der Waals surface area contributed by atoms with E-state index in [1.54, 1.807) is 32.1 Å². The number of aromatic nitrogens is 4. The molecule has 3 rings (SSSR count). The Kier molecular flexibility index (Phi) is 6.35. The maximum absolute atomic E-state index is 12.8. The van der Waals surface area contributed by atoms with Gasteiger partial charge in [0, 0.05) is 12.2 Å². The zero-order valence-electron chi connectivity index (χ0n) is 16.2. The lowest BCUT2D eigenvalue weighted by atomic mass is 10.1. The highest BCUT2D eigenvalue weighted by Crippen LogP contribution is 2.28. The predicted octanol–water partition coefficient (Wildman–Crippen LogP) is 4.12. The van der Waals surface area contributed by atoms with Crippen LogP contribution >= 0.6 is 23.1 Å². The number of ketones is 1. The summed E-state index contributed by atoms with van der Waals surface area (Å²) >= 11 is 2.95. The number of hydrogen-bond acceptors (Lipinski definition) is 7. The maximum Gasteiger partial charge on any atom is 0.340 e. The summed E-state index contributed by atoms with van der Waals surface area (Å²) in [6, 6.07) is 3.98. The molecular formula is C19H22N4O3S2. The minimum atomic E-state index is -0.410. The summed E-state index contributed by atoms with van der Waals surface area (Å²) < 4.78 is 7.08. The van der Waals surface area contributed by atoms with E-state index in [0.29, 0.717) is 40.8 Å². The standard InChI is InChI=1S/C19H22N4O3S2/c1-5-23-17(14-8-7-9-27-14)21-22-19(23)28-10-13(24)16-11(3)15(12(4)20-16)18(25)26-6-2/h7-9,20H,5-6,10H2,1-4H3. The second-order valence-electron chi connectivity index (χ2n) is 6.09. The van der Waals surface area contributed by atoms with Crippen molar-refractivity contribution in [3.63, 3.8) is 0 Å². The highest BCUT2D eigenvalue weighted by Gasteiger charge is 2.23. The minimum Gasteiger partial charge on any atom is -0.462 e. The van der Waals surface area contributed by atoms with E-state index >= 15 is 0 Å². The van der Waals surface area contributed by atoms with Crippen LogP contribution in [0.1, 0.15) is 46.0 Å². The number of H-pyrrole nitrogens is 1. The van der Waals surface area contributed by atoms with E-state index < -0.39 is 5.97 Å². The smallest absolute Gasteiger partial charge is 0.340 e. The second kappa shape index (κ2) is 8.74. The van der Waals surface area contributed by atoms with Gasteiger partial charge >= 0.3 is 5.97 Å². The largest absolute Gasteiger partial charge is 0.462 e. The molecule has 0 fully saturated rings. The Hall–Kier alpha value is -2.39. The molecule has 1 N–H and O–H groups in total. The van der Waals surface area contributed by atoms with Crippen molar-refractivity contribution in [3.05, 3.63) is 40.0 Å². The number of esters is 1. The number of Topliss-reactive ketones (excluding diaryl/α,β-unsaturated/α-hetero) is 1. The van der Waals surface area contributed by atoms with Crippen molar-refractivity contribution in [1.29, 1.82) is 0 Å². The van der Waals surface area contributed by atoms with Crippen LogP contribution < -0.4 is 0 Å². The Labute approximate surface area is 171 Å². The molecule has 28 heavy (non-hydrogen) atoms. The zero-order chi connectivity index (χ0) is 20.3. The highest BCUT2D eigenvalue weighted by molar-refractivity contribution is 7.99. The van der Waals surface area contributed by atoms with Gasteiger partial charge in [-0.15, -0.1) is 21.5 Å². The first-order valence-corrected chi connectivity index (χ1v) is 10.8. The zero-order valence-corrected chi connectivity index (χ0v) is 17.9. The molecular weight excluding hydrogens is 396 g/mol. The average Bonchev–Trinajstić information content (AvgIpc) is 3.38. The van der Waals surface area contributed by atoms with Crippen molar-refractivity contribution in [2.24, 2.45) is 0 Å². The molecule has 0 unspecified atom stereocenters. The van der Waals surface area contributed by atoms with Crippen molar-refractivity contribution in [2.75, 3.05) is 12.4 Å². The van der Waals surface area contributed by atoms with Gasteiger partial charge in [0.2, 0.25) is 0 Å². The number of aryl methyl sites for hydroxylation is 1. The highest BCUT2D eigenvalue weighted by atomic mass is 32.2. The average molecular weight is 419 g/mol. The van der Waals surface area contributed by atoms with Crippen molar-refractivity contribution < 1.29 is 14.3 Å². The molecule has 0 radical (unpaired) electrons. The number of rotatable bonds is 8. The molecule has 0 saturated heterocycles. The van der Waals surface area contributed by atoms with E-state index in [1.807, 2.05) is 29.0 Å². The first-order chi connectivity index (χ1) is 13.5. The molecule has 3 aromatic rings. The molecule has 0 aliphatic heterocycles. The van der Waals surface area contributed by atoms with Crippen LogP contribution in [0.15, 0.2) is 22.7 Å². The Morgan fingerprint density at radius 3 is 2.71 bits per heavy atom. The SMILES string of the molecule is CCOC(=O)c1c(C)[nH]c(C(=O)CSc2nnc(-c3cccs3)n2CC)c1C. The number of nitrogens with one attached hydrogen (secondary N) is 1. The van der Waals surface area contributed by atoms with E-state index in [2.05, 4.69) is 15.2 Å². The van der Waals surface area contributed by atoms with E-state index in [-0.39, 0.29) is 11.5 Å². The van der Waals surface area contributed by atoms with Crippen LogP contribution in [-0.4, -0.2) is 43.9 Å². The topological polar surface area (TPSA) is 89.9 Å². The molecule has 0 amide bonds. The lowest BCUT2D eigenvalue weighted by Gasteiger charge is -2.06. The number of carbonyl (C=O) groups is 2. The van der Waals surface area contributed by atoms with Gasteiger partial charge in [0.15, 0.2) is 16.8 Å². The van der Waals surface area contributed by atoms with Crippen molar-refractivity contribution in [3.8, 4) is 10.7 Å². The monoisotopic (exact) mass is 418 g/mol. The van der Waals surface area contributed by atoms with Crippen LogP contribution in [0.5, 0.6) is 0 Å². The van der Waals surface area contributed by atoms with Crippen molar-refractivity contribution >= 4 is 34.9 Å². The summed E-state index contributed by atoms with van der Waals surface area (Å²) in [5, 5.41) is 11.2. The molecule has 0 aromatic carbocycles. The molecule has 7 nitrogen and oxygen atoms in total. The van der Waals surface area contributed by atoms with Crippen LogP contribution in [0.4, 0.5) is 0 Å².